The molecule has 1 aromatic carbocycles. The molecule has 0 bridgehead atoms. The molecule has 0 unspecified atom stereocenters. The van der Waals surface area contributed by atoms with Gasteiger partial charge in [-0.15, -0.1) is 6.42 Å². The Morgan fingerprint density at radius 1 is 1.42 bits per heavy atom. The normalized spacial score (nSPS) is 16.8. The fraction of sp³-hybridized carbons (Fsp3) is 0.438. The van der Waals surface area contributed by atoms with Crippen molar-refractivity contribution < 1.29 is 4.79 Å². The number of aryl methyl sites for hydroxylation is 1. The van der Waals surface area contributed by atoms with Gasteiger partial charge in [0.2, 0.25) is 5.91 Å². The van der Waals surface area contributed by atoms with E-state index < -0.39 is 0 Å². The Balaban J connectivity index is 1.89. The van der Waals surface area contributed by atoms with Gasteiger partial charge in [-0.1, -0.05) is 24.1 Å². The second kappa shape index (κ2) is 6.40. The Morgan fingerprint density at radius 2 is 2.11 bits per heavy atom. The van der Waals surface area contributed by atoms with Crippen LogP contribution >= 0.6 is 0 Å². The molecule has 3 nitrogen and oxygen atoms in total. The highest BCUT2D eigenvalue weighted by atomic mass is 16.1. The summed E-state index contributed by atoms with van der Waals surface area (Å²) in [6.45, 7) is 4.52. The minimum atomic E-state index is 0.105. The maximum absolute atomic E-state index is 12.2. The molecule has 1 amide bonds. The Hall–Kier alpha value is -1.79. The molecule has 0 saturated carbocycles. The lowest BCUT2D eigenvalue weighted by Gasteiger charge is -2.29. The van der Waals surface area contributed by atoms with Crippen molar-refractivity contribution in [1.82, 2.24) is 4.90 Å². The van der Waals surface area contributed by atoms with Gasteiger partial charge in [0, 0.05) is 11.6 Å². The van der Waals surface area contributed by atoms with Crippen molar-refractivity contribution in [3.8, 4) is 12.3 Å². The van der Waals surface area contributed by atoms with Gasteiger partial charge in [0.25, 0.3) is 0 Å². The van der Waals surface area contributed by atoms with Crippen molar-refractivity contribution in [1.29, 1.82) is 0 Å². The zero-order valence-electron chi connectivity index (χ0n) is 11.4. The third-order valence-corrected chi connectivity index (χ3v) is 3.68. The van der Waals surface area contributed by atoms with Gasteiger partial charge in [-0.05, 0) is 44.5 Å². The molecule has 1 aromatic rings. The predicted molar refractivity (Wildman–Crippen MR) is 77.8 cm³/mol. The number of rotatable bonds is 3. The van der Waals surface area contributed by atoms with Crippen LogP contribution in [0.25, 0.3) is 0 Å². The largest absolute Gasteiger partial charge is 0.326 e. The molecule has 3 heteroatoms. The van der Waals surface area contributed by atoms with E-state index in [9.17, 15) is 4.79 Å². The SMILES string of the molecule is C#CCN1CCC(C(=O)Nc2ccccc2C)CC1. The fourth-order valence-electron chi connectivity index (χ4n) is 2.43. The molecule has 19 heavy (non-hydrogen) atoms. The van der Waals surface area contributed by atoms with Crippen molar-refractivity contribution in [3.05, 3.63) is 29.8 Å². The molecule has 0 aliphatic carbocycles. The van der Waals surface area contributed by atoms with Crippen LogP contribution in [0.1, 0.15) is 18.4 Å². The second-order valence-corrected chi connectivity index (χ2v) is 5.06. The summed E-state index contributed by atoms with van der Waals surface area (Å²) in [7, 11) is 0. The van der Waals surface area contributed by atoms with E-state index >= 15 is 0 Å². The highest BCUT2D eigenvalue weighted by Gasteiger charge is 2.24. The lowest BCUT2D eigenvalue weighted by atomic mass is 9.95. The van der Waals surface area contributed by atoms with Crippen molar-refractivity contribution >= 4 is 11.6 Å². The van der Waals surface area contributed by atoms with E-state index in [0.717, 1.165) is 37.2 Å². The molecule has 1 heterocycles. The number of terminal acetylenes is 1. The number of hydrogen-bond donors (Lipinski definition) is 1. The van der Waals surface area contributed by atoms with Crippen molar-refractivity contribution in [2.24, 2.45) is 5.92 Å². The fourth-order valence-corrected chi connectivity index (χ4v) is 2.43. The summed E-state index contributed by atoms with van der Waals surface area (Å²) < 4.78 is 0. The molecule has 100 valence electrons. The van der Waals surface area contributed by atoms with Crippen LogP contribution in [0.2, 0.25) is 0 Å². The van der Waals surface area contributed by atoms with Gasteiger partial charge in [-0.3, -0.25) is 9.69 Å². The Morgan fingerprint density at radius 3 is 2.74 bits per heavy atom. The minimum absolute atomic E-state index is 0.105. The number of nitrogens with one attached hydrogen (secondary N) is 1. The summed E-state index contributed by atoms with van der Waals surface area (Å²) in [5, 5.41) is 3.03. The number of carbonyl (C=O) groups excluding carboxylic acids is 1. The Bertz CT molecular complexity index is 482. The zero-order chi connectivity index (χ0) is 13.7. The number of likely N-dealkylation sites (tertiary alicyclic amines) is 1. The number of para-hydroxylation sites is 1. The quantitative estimate of drug-likeness (QED) is 0.841. The summed E-state index contributed by atoms with van der Waals surface area (Å²) in [6, 6.07) is 7.87. The molecule has 1 aliphatic rings. The highest BCUT2D eigenvalue weighted by Crippen LogP contribution is 2.20. The number of hydrogen-bond acceptors (Lipinski definition) is 2. The smallest absolute Gasteiger partial charge is 0.227 e. The summed E-state index contributed by atoms with van der Waals surface area (Å²) in [5.74, 6) is 2.89. The van der Waals surface area contributed by atoms with E-state index in [4.69, 9.17) is 6.42 Å². The molecule has 0 spiro atoms. The van der Waals surface area contributed by atoms with Crippen LogP contribution in [0.15, 0.2) is 24.3 Å². The molecule has 1 fully saturated rings. The first-order chi connectivity index (χ1) is 9.20. The van der Waals surface area contributed by atoms with Crippen LogP contribution in [0.3, 0.4) is 0 Å². The van der Waals surface area contributed by atoms with Crippen molar-refractivity contribution in [2.45, 2.75) is 19.8 Å². The summed E-state index contributed by atoms with van der Waals surface area (Å²) in [5.41, 5.74) is 2.01. The number of amides is 1. The van der Waals surface area contributed by atoms with E-state index in [-0.39, 0.29) is 11.8 Å². The molecule has 2 rings (SSSR count). The van der Waals surface area contributed by atoms with Gasteiger partial charge >= 0.3 is 0 Å². The van der Waals surface area contributed by atoms with Crippen LogP contribution in [-0.4, -0.2) is 30.4 Å². The molecular formula is C16H20N2O. The first-order valence-electron chi connectivity index (χ1n) is 6.73. The lowest BCUT2D eigenvalue weighted by molar-refractivity contribution is -0.121. The summed E-state index contributed by atoms with van der Waals surface area (Å²) in [6.07, 6.45) is 7.08. The minimum Gasteiger partial charge on any atom is -0.326 e. The third kappa shape index (κ3) is 3.59. The van der Waals surface area contributed by atoms with Gasteiger partial charge in [0.1, 0.15) is 0 Å². The Kier molecular flexibility index (Phi) is 4.59. The molecule has 0 radical (unpaired) electrons. The maximum Gasteiger partial charge on any atom is 0.227 e. The molecule has 1 aliphatic heterocycles. The monoisotopic (exact) mass is 256 g/mol. The molecule has 1 saturated heterocycles. The van der Waals surface area contributed by atoms with Crippen molar-refractivity contribution in [3.63, 3.8) is 0 Å². The van der Waals surface area contributed by atoms with Gasteiger partial charge in [-0.2, -0.15) is 0 Å². The Labute approximate surface area is 115 Å². The molecule has 0 atom stereocenters. The molecule has 1 N–H and O–H groups in total. The molecule has 0 aromatic heterocycles. The van der Waals surface area contributed by atoms with Crippen LogP contribution in [0.5, 0.6) is 0 Å². The van der Waals surface area contributed by atoms with E-state index in [2.05, 4.69) is 16.1 Å². The third-order valence-electron chi connectivity index (χ3n) is 3.68. The van der Waals surface area contributed by atoms with Gasteiger partial charge in [0.15, 0.2) is 0 Å². The predicted octanol–water partition coefficient (Wildman–Crippen LogP) is 2.28. The number of piperidine rings is 1. The number of carbonyl (C=O) groups is 1. The first-order valence-corrected chi connectivity index (χ1v) is 6.73. The van der Waals surface area contributed by atoms with Crippen LogP contribution in [0, 0.1) is 25.2 Å². The number of anilines is 1. The second-order valence-electron chi connectivity index (χ2n) is 5.06. The van der Waals surface area contributed by atoms with E-state index in [1.165, 1.54) is 0 Å². The van der Waals surface area contributed by atoms with Gasteiger partial charge < -0.3 is 5.32 Å². The van der Waals surface area contributed by atoms with Crippen LogP contribution in [0.4, 0.5) is 5.69 Å². The van der Waals surface area contributed by atoms with E-state index in [1.807, 2.05) is 31.2 Å². The topological polar surface area (TPSA) is 32.3 Å². The van der Waals surface area contributed by atoms with Crippen molar-refractivity contribution in [2.75, 3.05) is 25.0 Å². The average molecular weight is 256 g/mol. The summed E-state index contributed by atoms with van der Waals surface area (Å²) >= 11 is 0. The zero-order valence-corrected chi connectivity index (χ0v) is 11.4. The van der Waals surface area contributed by atoms with E-state index in [1.54, 1.807) is 0 Å². The maximum atomic E-state index is 12.2. The van der Waals surface area contributed by atoms with Gasteiger partial charge in [-0.25, -0.2) is 0 Å². The van der Waals surface area contributed by atoms with Crippen LogP contribution in [-0.2, 0) is 4.79 Å². The number of benzene rings is 1. The lowest BCUT2D eigenvalue weighted by Crippen LogP contribution is -2.38. The van der Waals surface area contributed by atoms with Crippen LogP contribution < -0.4 is 5.32 Å². The highest BCUT2D eigenvalue weighted by molar-refractivity contribution is 5.93. The molecular weight excluding hydrogens is 236 g/mol. The first kappa shape index (κ1) is 13.6. The standard InChI is InChI=1S/C16H20N2O/c1-3-10-18-11-8-14(9-12-18)16(19)17-15-7-5-4-6-13(15)2/h1,4-7,14H,8-12H2,2H3,(H,17,19). The van der Waals surface area contributed by atoms with E-state index in [0.29, 0.717) is 6.54 Å². The average Bonchev–Trinajstić information content (AvgIpc) is 2.42. The van der Waals surface area contributed by atoms with Gasteiger partial charge in [0.05, 0.1) is 6.54 Å². The summed E-state index contributed by atoms with van der Waals surface area (Å²) in [4.78, 5) is 14.4. The number of nitrogens with zero attached hydrogens (tertiary/aromatic N) is 1.